The number of pyridine rings is 2. The molecule has 3 heterocycles. The fourth-order valence-corrected chi connectivity index (χ4v) is 1.93. The maximum absolute atomic E-state index is 5.27. The lowest BCUT2D eigenvalue weighted by Gasteiger charge is -2.00. The fourth-order valence-electron chi connectivity index (χ4n) is 1.93. The third-order valence-corrected chi connectivity index (χ3v) is 3.43. The van der Waals surface area contributed by atoms with Crippen LogP contribution in [0.2, 0.25) is 0 Å². The van der Waals surface area contributed by atoms with Crippen LogP contribution in [0.15, 0.2) is 47.2 Å². The Morgan fingerprint density at radius 2 is 2.00 bits per heavy atom. The van der Waals surface area contributed by atoms with E-state index in [1.807, 2.05) is 30.3 Å². The molecule has 106 valence electrons. The Labute approximate surface area is 123 Å². The van der Waals surface area contributed by atoms with Crippen molar-refractivity contribution in [3.63, 3.8) is 0 Å². The second-order valence-corrected chi connectivity index (χ2v) is 4.91. The summed E-state index contributed by atoms with van der Waals surface area (Å²) in [7, 11) is 0. The average Bonchev–Trinajstić information content (AvgIpc) is 3.05. The third kappa shape index (κ3) is 2.81. The number of rotatable bonds is 4. The highest BCUT2D eigenvalue weighted by Crippen LogP contribution is 2.22. The van der Waals surface area contributed by atoms with Gasteiger partial charge >= 0.3 is 0 Å². The fraction of sp³-hybridized carbons (Fsp3) is 0.250. The smallest absolute Gasteiger partial charge is 0.229 e. The summed E-state index contributed by atoms with van der Waals surface area (Å²) < 4.78 is 5.27. The quantitative estimate of drug-likeness (QED) is 0.729. The minimum absolute atomic E-state index is 0.263. The molecule has 0 radical (unpaired) electrons. The van der Waals surface area contributed by atoms with Gasteiger partial charge in [-0.05, 0) is 30.7 Å². The van der Waals surface area contributed by atoms with Gasteiger partial charge in [0.2, 0.25) is 11.7 Å². The second kappa shape index (κ2) is 5.83. The van der Waals surface area contributed by atoms with Gasteiger partial charge < -0.3 is 4.52 Å². The van der Waals surface area contributed by atoms with Crippen LogP contribution in [-0.4, -0.2) is 20.1 Å². The Kier molecular flexibility index (Phi) is 3.73. The van der Waals surface area contributed by atoms with E-state index in [0.29, 0.717) is 17.4 Å². The molecule has 1 atom stereocenters. The van der Waals surface area contributed by atoms with Crippen molar-refractivity contribution in [1.29, 1.82) is 0 Å². The van der Waals surface area contributed by atoms with Crippen LogP contribution in [0, 0.1) is 0 Å². The molecule has 0 aliphatic rings. The first-order valence-electron chi connectivity index (χ1n) is 6.99. The first-order chi connectivity index (χ1) is 10.3. The summed E-state index contributed by atoms with van der Waals surface area (Å²) in [4.78, 5) is 13.1. The van der Waals surface area contributed by atoms with Crippen LogP contribution >= 0.6 is 0 Å². The normalized spacial score (nSPS) is 12.3. The summed E-state index contributed by atoms with van der Waals surface area (Å²) in [6.07, 6.45) is 4.51. The summed E-state index contributed by atoms with van der Waals surface area (Å²) in [6.45, 7) is 4.16. The zero-order valence-electron chi connectivity index (χ0n) is 12.0. The first-order valence-corrected chi connectivity index (χ1v) is 6.99. The van der Waals surface area contributed by atoms with Gasteiger partial charge in [0, 0.05) is 23.9 Å². The molecule has 0 saturated heterocycles. The lowest BCUT2D eigenvalue weighted by atomic mass is 10.1. The number of hydrogen-bond donors (Lipinski definition) is 0. The van der Waals surface area contributed by atoms with E-state index >= 15 is 0 Å². The highest BCUT2D eigenvalue weighted by molar-refractivity contribution is 5.60. The van der Waals surface area contributed by atoms with Crippen molar-refractivity contribution in [1.82, 2.24) is 20.1 Å². The van der Waals surface area contributed by atoms with Crippen molar-refractivity contribution in [3.05, 3.63) is 48.6 Å². The molecule has 0 saturated carbocycles. The molecule has 0 bridgehead atoms. The first kappa shape index (κ1) is 13.4. The van der Waals surface area contributed by atoms with Crippen LogP contribution in [0.5, 0.6) is 0 Å². The molecule has 0 fully saturated rings. The van der Waals surface area contributed by atoms with Gasteiger partial charge in [0.25, 0.3) is 0 Å². The van der Waals surface area contributed by atoms with E-state index in [9.17, 15) is 0 Å². The molecule has 0 aliphatic carbocycles. The van der Waals surface area contributed by atoms with Gasteiger partial charge in [-0.25, -0.2) is 0 Å². The van der Waals surface area contributed by atoms with Crippen LogP contribution in [0.3, 0.4) is 0 Å². The van der Waals surface area contributed by atoms with Gasteiger partial charge in [0.15, 0.2) is 0 Å². The monoisotopic (exact) mass is 280 g/mol. The number of aromatic nitrogens is 4. The van der Waals surface area contributed by atoms with Crippen LogP contribution in [0.25, 0.3) is 22.8 Å². The van der Waals surface area contributed by atoms with Crippen molar-refractivity contribution in [3.8, 4) is 22.8 Å². The Morgan fingerprint density at radius 1 is 1.10 bits per heavy atom. The Bertz CT molecular complexity index is 707. The van der Waals surface area contributed by atoms with Crippen LogP contribution in [0.1, 0.15) is 32.1 Å². The van der Waals surface area contributed by atoms with E-state index in [1.54, 1.807) is 12.4 Å². The van der Waals surface area contributed by atoms with E-state index in [1.165, 1.54) is 0 Å². The summed E-state index contributed by atoms with van der Waals surface area (Å²) in [5.74, 6) is 1.44. The van der Waals surface area contributed by atoms with Gasteiger partial charge in [-0.3, -0.25) is 9.97 Å². The van der Waals surface area contributed by atoms with E-state index < -0.39 is 0 Å². The summed E-state index contributed by atoms with van der Waals surface area (Å²) in [5.41, 5.74) is 2.56. The standard InChI is InChI=1S/C16H16N4O/c1-3-11(2)16-19-15(20-21-16)14-8-7-12(10-18-14)13-6-4-5-9-17-13/h4-11H,3H2,1-2H3. The largest absolute Gasteiger partial charge is 0.339 e. The minimum Gasteiger partial charge on any atom is -0.339 e. The summed E-state index contributed by atoms with van der Waals surface area (Å²) in [5, 5.41) is 3.99. The predicted octanol–water partition coefficient (Wildman–Crippen LogP) is 3.71. The molecule has 0 amide bonds. The van der Waals surface area contributed by atoms with E-state index in [-0.39, 0.29) is 5.92 Å². The molecule has 0 spiro atoms. The highest BCUT2D eigenvalue weighted by Gasteiger charge is 2.14. The van der Waals surface area contributed by atoms with Crippen LogP contribution < -0.4 is 0 Å². The van der Waals surface area contributed by atoms with Gasteiger partial charge in [0.1, 0.15) is 5.69 Å². The molecule has 0 aromatic carbocycles. The Balaban J connectivity index is 1.86. The van der Waals surface area contributed by atoms with Crippen molar-refractivity contribution < 1.29 is 4.52 Å². The molecule has 3 rings (SSSR count). The average molecular weight is 280 g/mol. The molecule has 0 aliphatic heterocycles. The SMILES string of the molecule is CCC(C)c1nc(-c2ccc(-c3ccccn3)cn2)no1. The molecular weight excluding hydrogens is 264 g/mol. The van der Waals surface area contributed by atoms with E-state index in [0.717, 1.165) is 17.7 Å². The lowest BCUT2D eigenvalue weighted by Crippen LogP contribution is -1.92. The zero-order chi connectivity index (χ0) is 14.7. The van der Waals surface area contributed by atoms with Crippen LogP contribution in [0.4, 0.5) is 0 Å². The Morgan fingerprint density at radius 3 is 2.67 bits per heavy atom. The predicted molar refractivity (Wildman–Crippen MR) is 79.5 cm³/mol. The third-order valence-electron chi connectivity index (χ3n) is 3.43. The minimum atomic E-state index is 0.263. The van der Waals surface area contributed by atoms with Gasteiger partial charge in [-0.15, -0.1) is 0 Å². The zero-order valence-corrected chi connectivity index (χ0v) is 12.0. The van der Waals surface area contributed by atoms with Gasteiger partial charge in [0.05, 0.1) is 5.69 Å². The number of hydrogen-bond acceptors (Lipinski definition) is 5. The molecule has 3 aromatic rings. The van der Waals surface area contributed by atoms with E-state index in [4.69, 9.17) is 4.52 Å². The molecule has 5 heteroatoms. The lowest BCUT2D eigenvalue weighted by molar-refractivity contribution is 0.357. The molecule has 1 unspecified atom stereocenters. The van der Waals surface area contributed by atoms with E-state index in [2.05, 4.69) is 34.0 Å². The molecule has 21 heavy (non-hydrogen) atoms. The van der Waals surface area contributed by atoms with Crippen molar-refractivity contribution in [2.45, 2.75) is 26.2 Å². The molecular formula is C16H16N4O. The van der Waals surface area contributed by atoms with Gasteiger partial charge in [-0.2, -0.15) is 4.98 Å². The maximum Gasteiger partial charge on any atom is 0.229 e. The summed E-state index contributed by atoms with van der Waals surface area (Å²) >= 11 is 0. The maximum atomic E-state index is 5.27. The number of nitrogens with zero attached hydrogens (tertiary/aromatic N) is 4. The summed E-state index contributed by atoms with van der Waals surface area (Å²) in [6, 6.07) is 9.64. The van der Waals surface area contributed by atoms with Crippen LogP contribution in [-0.2, 0) is 0 Å². The topological polar surface area (TPSA) is 64.7 Å². The molecule has 0 N–H and O–H groups in total. The van der Waals surface area contributed by atoms with Gasteiger partial charge in [-0.1, -0.05) is 25.1 Å². The Hall–Kier alpha value is -2.56. The van der Waals surface area contributed by atoms with Crippen molar-refractivity contribution in [2.24, 2.45) is 0 Å². The second-order valence-electron chi connectivity index (χ2n) is 4.91. The highest BCUT2D eigenvalue weighted by atomic mass is 16.5. The molecule has 5 nitrogen and oxygen atoms in total. The van der Waals surface area contributed by atoms with Crippen molar-refractivity contribution >= 4 is 0 Å². The molecule has 3 aromatic heterocycles. The van der Waals surface area contributed by atoms with Crippen molar-refractivity contribution in [2.75, 3.05) is 0 Å².